The van der Waals surface area contributed by atoms with Crippen LogP contribution < -0.4 is 0 Å². The zero-order valence-electron chi connectivity index (χ0n) is 13.6. The van der Waals surface area contributed by atoms with E-state index in [-0.39, 0.29) is 30.8 Å². The maximum absolute atomic E-state index is 11.0. The van der Waals surface area contributed by atoms with E-state index in [2.05, 4.69) is 0 Å². The molecule has 4 heterocycles. The monoisotopic (exact) mass is 346 g/mol. The zero-order valence-corrected chi connectivity index (χ0v) is 13.6. The lowest BCUT2D eigenvalue weighted by molar-refractivity contribution is -0.296. The van der Waals surface area contributed by atoms with Gasteiger partial charge >= 0.3 is 0 Å². The molecule has 138 valence electrons. The fourth-order valence-electron chi connectivity index (χ4n) is 3.05. The van der Waals surface area contributed by atoms with Crippen LogP contribution in [-0.2, 0) is 23.7 Å². The second-order valence-electron chi connectivity index (χ2n) is 7.32. The van der Waals surface area contributed by atoms with Crippen LogP contribution in [0.2, 0.25) is 0 Å². The Balaban J connectivity index is 1.41. The molecule has 4 fully saturated rings. The Kier molecular flexibility index (Phi) is 4.83. The molecule has 4 saturated heterocycles. The summed E-state index contributed by atoms with van der Waals surface area (Å²) in [4.78, 5) is 0. The van der Waals surface area contributed by atoms with Gasteiger partial charge in [0.2, 0.25) is 0 Å². The minimum atomic E-state index is -1.77. The maximum atomic E-state index is 11.0. The number of epoxide rings is 4. The molecule has 0 aromatic carbocycles. The molecule has 4 aliphatic heterocycles. The Hall–Kier alpha value is -0.320. The predicted octanol–water partition coefficient (Wildman–Crippen LogP) is -1.06. The summed E-state index contributed by atoms with van der Waals surface area (Å²) in [5.74, 6) is -1.77. The number of rotatable bonds is 12. The van der Waals surface area contributed by atoms with Gasteiger partial charge in [-0.2, -0.15) is 0 Å². The topological polar surface area (TPSA) is 120 Å². The molecule has 8 nitrogen and oxygen atoms in total. The molecule has 8 heteroatoms. The molecule has 24 heavy (non-hydrogen) atoms. The van der Waals surface area contributed by atoms with Crippen LogP contribution in [0.25, 0.3) is 0 Å². The normalized spacial score (nSPS) is 39.6. The first-order valence-electron chi connectivity index (χ1n) is 8.74. The Bertz CT molecular complexity index is 432. The molecule has 8 atom stereocenters. The molecule has 0 saturated carbocycles. The Labute approximate surface area is 140 Å². The minimum Gasteiger partial charge on any atom is -0.390 e. The van der Waals surface area contributed by atoms with E-state index in [0.717, 1.165) is 0 Å². The van der Waals surface area contributed by atoms with Gasteiger partial charge in [-0.05, 0) is 0 Å². The lowest BCUT2D eigenvalue weighted by atomic mass is 9.97. The molecule has 0 spiro atoms. The Morgan fingerprint density at radius 1 is 0.833 bits per heavy atom. The van der Waals surface area contributed by atoms with Gasteiger partial charge < -0.3 is 39.0 Å². The van der Waals surface area contributed by atoms with E-state index in [4.69, 9.17) is 23.7 Å². The predicted molar refractivity (Wildman–Crippen MR) is 79.3 cm³/mol. The van der Waals surface area contributed by atoms with Gasteiger partial charge in [-0.25, -0.2) is 0 Å². The van der Waals surface area contributed by atoms with E-state index in [1.54, 1.807) is 0 Å². The lowest BCUT2D eigenvalue weighted by Crippen LogP contribution is -2.51. The smallest absolute Gasteiger partial charge is 0.195 e. The van der Waals surface area contributed by atoms with Crippen molar-refractivity contribution < 1.29 is 39.0 Å². The first-order valence-corrected chi connectivity index (χ1v) is 8.74. The minimum absolute atomic E-state index is 0.0368. The third-order valence-corrected chi connectivity index (χ3v) is 4.92. The zero-order chi connectivity index (χ0) is 16.7. The second kappa shape index (κ2) is 6.77. The van der Waals surface area contributed by atoms with Gasteiger partial charge in [-0.15, -0.1) is 0 Å². The van der Waals surface area contributed by atoms with Gasteiger partial charge in [0, 0.05) is 25.7 Å². The van der Waals surface area contributed by atoms with E-state index in [9.17, 15) is 15.3 Å². The van der Waals surface area contributed by atoms with Gasteiger partial charge in [-0.3, -0.25) is 0 Å². The molecular formula is C16H26O8. The fourth-order valence-corrected chi connectivity index (χ4v) is 3.05. The highest BCUT2D eigenvalue weighted by molar-refractivity contribution is 4.92. The Morgan fingerprint density at radius 3 is 1.88 bits per heavy atom. The van der Waals surface area contributed by atoms with E-state index < -0.39 is 24.1 Å². The van der Waals surface area contributed by atoms with Gasteiger partial charge in [0.05, 0.1) is 63.1 Å². The molecule has 8 unspecified atom stereocenters. The molecule has 0 aromatic rings. The highest BCUT2D eigenvalue weighted by atomic mass is 16.7. The molecule has 0 amide bonds. The summed E-state index contributed by atoms with van der Waals surface area (Å²) in [5, 5.41) is 31.9. The van der Waals surface area contributed by atoms with Crippen LogP contribution in [0, 0.1) is 0 Å². The number of hydrogen-bond donors (Lipinski definition) is 3. The summed E-state index contributed by atoms with van der Waals surface area (Å²) in [6, 6.07) is 0. The van der Waals surface area contributed by atoms with Crippen molar-refractivity contribution in [1.29, 1.82) is 0 Å². The molecule has 4 aliphatic rings. The maximum Gasteiger partial charge on any atom is 0.195 e. The highest BCUT2D eigenvalue weighted by Crippen LogP contribution is 2.35. The van der Waals surface area contributed by atoms with Crippen molar-refractivity contribution in [3.8, 4) is 0 Å². The van der Waals surface area contributed by atoms with Crippen LogP contribution in [0.5, 0.6) is 0 Å². The summed E-state index contributed by atoms with van der Waals surface area (Å²) < 4.78 is 26.6. The van der Waals surface area contributed by atoms with Crippen molar-refractivity contribution in [2.75, 3.05) is 26.4 Å². The third-order valence-electron chi connectivity index (χ3n) is 4.92. The van der Waals surface area contributed by atoms with Crippen LogP contribution in [0.3, 0.4) is 0 Å². The summed E-state index contributed by atoms with van der Waals surface area (Å²) in [6.45, 7) is 2.42. The molecule has 0 radical (unpaired) electrons. The lowest BCUT2D eigenvalue weighted by Gasteiger charge is -2.37. The van der Waals surface area contributed by atoms with E-state index in [1.165, 1.54) is 0 Å². The van der Waals surface area contributed by atoms with Crippen molar-refractivity contribution in [3.05, 3.63) is 0 Å². The fraction of sp³-hybridized carbons (Fsp3) is 1.00. The van der Waals surface area contributed by atoms with E-state index in [0.29, 0.717) is 45.7 Å². The van der Waals surface area contributed by atoms with Crippen molar-refractivity contribution in [1.82, 2.24) is 0 Å². The standard InChI is InChI=1S/C16H26O8/c17-13(1-9-5-20-9)14(2-10-6-21-10)24-16(19,4-12-8-23-12)15(18)3-11-7-22-11/h9-15,17-19H,1-8H2. The van der Waals surface area contributed by atoms with Crippen LogP contribution in [0.1, 0.15) is 25.7 Å². The van der Waals surface area contributed by atoms with Gasteiger partial charge in [-0.1, -0.05) is 0 Å². The molecular weight excluding hydrogens is 320 g/mol. The summed E-state index contributed by atoms with van der Waals surface area (Å²) in [6.07, 6.45) is -1.15. The number of aliphatic hydroxyl groups is 3. The Morgan fingerprint density at radius 2 is 1.33 bits per heavy atom. The van der Waals surface area contributed by atoms with Crippen LogP contribution >= 0.6 is 0 Å². The average Bonchev–Trinajstić information content (AvgIpc) is 3.31. The number of aliphatic hydroxyl groups excluding tert-OH is 2. The quantitative estimate of drug-likeness (QED) is 0.302. The van der Waals surface area contributed by atoms with Gasteiger partial charge in [0.1, 0.15) is 6.10 Å². The summed E-state index contributed by atoms with van der Waals surface area (Å²) >= 11 is 0. The first-order chi connectivity index (χ1) is 11.5. The molecule has 0 bridgehead atoms. The van der Waals surface area contributed by atoms with Crippen LogP contribution in [0.15, 0.2) is 0 Å². The van der Waals surface area contributed by atoms with Crippen molar-refractivity contribution >= 4 is 0 Å². The molecule has 4 rings (SSSR count). The van der Waals surface area contributed by atoms with Gasteiger partial charge in [0.15, 0.2) is 5.79 Å². The first kappa shape index (κ1) is 17.1. The third kappa shape index (κ3) is 4.86. The second-order valence-corrected chi connectivity index (χ2v) is 7.32. The molecule has 0 aromatic heterocycles. The van der Waals surface area contributed by atoms with Crippen molar-refractivity contribution in [2.24, 2.45) is 0 Å². The summed E-state index contributed by atoms with van der Waals surface area (Å²) in [5.41, 5.74) is 0. The van der Waals surface area contributed by atoms with Crippen molar-refractivity contribution in [3.63, 3.8) is 0 Å². The van der Waals surface area contributed by atoms with Crippen molar-refractivity contribution in [2.45, 2.75) is 74.2 Å². The number of ether oxygens (including phenoxy) is 5. The number of hydrogen-bond acceptors (Lipinski definition) is 8. The average molecular weight is 346 g/mol. The molecule has 0 aliphatic carbocycles. The summed E-state index contributed by atoms with van der Waals surface area (Å²) in [7, 11) is 0. The SMILES string of the molecule is OC(CC1CO1)C(CC1CO1)OC(O)(CC1CO1)C(O)CC1CO1. The van der Waals surface area contributed by atoms with E-state index >= 15 is 0 Å². The highest BCUT2D eigenvalue weighted by Gasteiger charge is 2.48. The van der Waals surface area contributed by atoms with Crippen LogP contribution in [-0.4, -0.2) is 90.3 Å². The van der Waals surface area contributed by atoms with Crippen LogP contribution in [0.4, 0.5) is 0 Å². The largest absolute Gasteiger partial charge is 0.390 e. The van der Waals surface area contributed by atoms with E-state index in [1.807, 2.05) is 0 Å². The molecule has 3 N–H and O–H groups in total. The van der Waals surface area contributed by atoms with Gasteiger partial charge in [0.25, 0.3) is 0 Å².